The molecule has 0 radical (unpaired) electrons. The Labute approximate surface area is 101 Å². The van der Waals surface area contributed by atoms with Crippen molar-refractivity contribution in [1.82, 2.24) is 4.98 Å². The fourth-order valence-electron chi connectivity index (χ4n) is 2.03. The Hall–Kier alpha value is -1.04. The van der Waals surface area contributed by atoms with Gasteiger partial charge in [0.1, 0.15) is 0 Å². The zero-order valence-corrected chi connectivity index (χ0v) is 9.97. The Morgan fingerprint density at radius 3 is 2.76 bits per heavy atom. The monoisotopic (exact) mass is 261 g/mol. The lowest BCUT2D eigenvalue weighted by Gasteiger charge is -2.26. The van der Waals surface area contributed by atoms with Crippen molar-refractivity contribution in [1.29, 1.82) is 0 Å². The van der Waals surface area contributed by atoms with Crippen molar-refractivity contribution >= 4 is 17.3 Å². The van der Waals surface area contributed by atoms with Crippen LogP contribution < -0.4 is 0 Å². The van der Waals surface area contributed by atoms with E-state index in [4.69, 9.17) is 5.11 Å². The molecule has 0 bridgehead atoms. The number of rotatable bonds is 3. The minimum absolute atomic E-state index is 0.0715. The molecule has 1 saturated carbocycles. The number of thiazole rings is 1. The largest absolute Gasteiger partial charge is 0.481 e. The van der Waals surface area contributed by atoms with Crippen LogP contribution in [0.1, 0.15) is 42.3 Å². The Bertz CT molecular complexity index is 409. The van der Waals surface area contributed by atoms with E-state index >= 15 is 0 Å². The third-order valence-corrected chi connectivity index (χ3v) is 4.02. The molecule has 0 aliphatic heterocycles. The SMILES string of the molecule is O=C(O)Cc1csc(C2CCC(F)(F)CC2)n1. The van der Waals surface area contributed by atoms with E-state index in [0.29, 0.717) is 18.5 Å². The maximum absolute atomic E-state index is 13.0. The first-order valence-corrected chi connectivity index (χ1v) is 6.38. The minimum Gasteiger partial charge on any atom is -0.481 e. The summed E-state index contributed by atoms with van der Waals surface area (Å²) in [5, 5.41) is 11.1. The lowest BCUT2D eigenvalue weighted by Crippen LogP contribution is -2.23. The minimum atomic E-state index is -2.53. The zero-order chi connectivity index (χ0) is 12.5. The highest BCUT2D eigenvalue weighted by molar-refractivity contribution is 7.09. The van der Waals surface area contributed by atoms with Crippen molar-refractivity contribution in [3.8, 4) is 0 Å². The van der Waals surface area contributed by atoms with Crippen molar-refractivity contribution in [3.05, 3.63) is 16.1 Å². The van der Waals surface area contributed by atoms with Gasteiger partial charge in [0.2, 0.25) is 5.92 Å². The number of nitrogens with zero attached hydrogens (tertiary/aromatic N) is 1. The second kappa shape index (κ2) is 4.68. The van der Waals surface area contributed by atoms with Crippen LogP contribution in [0.15, 0.2) is 5.38 Å². The molecular formula is C11H13F2NO2S. The molecule has 1 aliphatic carbocycles. The van der Waals surface area contributed by atoms with E-state index in [1.165, 1.54) is 11.3 Å². The Balaban J connectivity index is 1.99. The molecule has 1 aromatic rings. The predicted octanol–water partition coefficient (Wildman–Crippen LogP) is 3.06. The molecule has 17 heavy (non-hydrogen) atoms. The predicted molar refractivity (Wildman–Crippen MR) is 59.6 cm³/mol. The van der Waals surface area contributed by atoms with Crippen LogP contribution >= 0.6 is 11.3 Å². The van der Waals surface area contributed by atoms with Crippen LogP contribution in [0.4, 0.5) is 8.78 Å². The summed E-state index contributed by atoms with van der Waals surface area (Å²) in [5.41, 5.74) is 0.523. The Kier molecular flexibility index (Phi) is 3.42. The summed E-state index contributed by atoms with van der Waals surface area (Å²) >= 11 is 1.38. The standard InChI is InChI=1S/C11H13F2NO2S/c12-11(13)3-1-7(2-4-11)10-14-8(6-17-10)5-9(15)16/h6-7H,1-5H2,(H,15,16). The fraction of sp³-hybridized carbons (Fsp3) is 0.636. The number of aromatic nitrogens is 1. The Morgan fingerprint density at radius 1 is 1.53 bits per heavy atom. The zero-order valence-electron chi connectivity index (χ0n) is 9.16. The third-order valence-electron chi connectivity index (χ3n) is 2.97. The third kappa shape index (κ3) is 3.21. The van der Waals surface area contributed by atoms with Crippen LogP contribution in [0.25, 0.3) is 0 Å². The summed E-state index contributed by atoms with van der Waals surface area (Å²) in [6, 6.07) is 0. The van der Waals surface area contributed by atoms with Crippen molar-refractivity contribution in [3.63, 3.8) is 0 Å². The molecular weight excluding hydrogens is 248 g/mol. The molecule has 0 spiro atoms. The van der Waals surface area contributed by atoms with E-state index in [1.54, 1.807) is 5.38 Å². The van der Waals surface area contributed by atoms with Crippen LogP contribution in [0.5, 0.6) is 0 Å². The first-order chi connectivity index (χ1) is 7.96. The van der Waals surface area contributed by atoms with Crippen LogP contribution in [-0.4, -0.2) is 22.0 Å². The molecule has 2 rings (SSSR count). The topological polar surface area (TPSA) is 50.2 Å². The van der Waals surface area contributed by atoms with E-state index in [1.807, 2.05) is 0 Å². The molecule has 6 heteroatoms. The molecule has 1 fully saturated rings. The van der Waals surface area contributed by atoms with Gasteiger partial charge in [-0.25, -0.2) is 13.8 Å². The van der Waals surface area contributed by atoms with Crippen LogP contribution in [0, 0.1) is 0 Å². The molecule has 1 N–H and O–H groups in total. The number of aliphatic carboxylic acids is 1. The lowest BCUT2D eigenvalue weighted by atomic mass is 9.87. The number of carbonyl (C=O) groups is 1. The summed E-state index contributed by atoms with van der Waals surface area (Å²) in [4.78, 5) is 14.7. The molecule has 0 atom stereocenters. The van der Waals surface area contributed by atoms with Crippen molar-refractivity contribution in [2.45, 2.75) is 43.9 Å². The van der Waals surface area contributed by atoms with E-state index in [9.17, 15) is 13.6 Å². The van der Waals surface area contributed by atoms with Crippen molar-refractivity contribution in [2.24, 2.45) is 0 Å². The highest BCUT2D eigenvalue weighted by Crippen LogP contribution is 2.41. The van der Waals surface area contributed by atoms with Crippen LogP contribution in [0.3, 0.4) is 0 Å². The van der Waals surface area contributed by atoms with Gasteiger partial charge in [-0.15, -0.1) is 11.3 Å². The van der Waals surface area contributed by atoms with Gasteiger partial charge in [-0.05, 0) is 12.8 Å². The summed E-state index contributed by atoms with van der Waals surface area (Å²) in [7, 11) is 0. The number of carboxylic acid groups (broad SMARTS) is 1. The van der Waals surface area contributed by atoms with Gasteiger partial charge in [0.25, 0.3) is 0 Å². The van der Waals surface area contributed by atoms with Crippen molar-refractivity contribution in [2.75, 3.05) is 0 Å². The normalized spacial score (nSPS) is 20.4. The maximum atomic E-state index is 13.0. The second-order valence-electron chi connectivity index (χ2n) is 4.38. The van der Waals surface area contributed by atoms with Gasteiger partial charge in [0.05, 0.1) is 17.1 Å². The number of hydrogen-bond donors (Lipinski definition) is 1. The Morgan fingerprint density at radius 2 is 2.18 bits per heavy atom. The highest BCUT2D eigenvalue weighted by Gasteiger charge is 2.36. The molecule has 94 valence electrons. The molecule has 1 aromatic heterocycles. The van der Waals surface area contributed by atoms with Crippen LogP contribution in [0.2, 0.25) is 0 Å². The average molecular weight is 261 g/mol. The van der Waals surface area contributed by atoms with Gasteiger partial charge in [-0.1, -0.05) is 0 Å². The molecule has 1 heterocycles. The summed E-state index contributed by atoms with van der Waals surface area (Å²) < 4.78 is 26.0. The van der Waals surface area contributed by atoms with Gasteiger partial charge in [-0.2, -0.15) is 0 Å². The number of carboxylic acids is 1. The van der Waals surface area contributed by atoms with Gasteiger partial charge in [0.15, 0.2) is 0 Å². The summed E-state index contributed by atoms with van der Waals surface area (Å²) in [5.74, 6) is -3.38. The number of alkyl halides is 2. The van der Waals surface area contributed by atoms with Gasteiger partial charge < -0.3 is 5.11 Å². The van der Waals surface area contributed by atoms with E-state index in [-0.39, 0.29) is 25.2 Å². The van der Waals surface area contributed by atoms with E-state index in [0.717, 1.165) is 5.01 Å². The van der Waals surface area contributed by atoms with E-state index < -0.39 is 11.9 Å². The van der Waals surface area contributed by atoms with Gasteiger partial charge in [-0.3, -0.25) is 4.79 Å². The molecule has 0 unspecified atom stereocenters. The van der Waals surface area contributed by atoms with Gasteiger partial charge in [0, 0.05) is 24.1 Å². The molecule has 3 nitrogen and oxygen atoms in total. The second-order valence-corrected chi connectivity index (χ2v) is 5.27. The quantitative estimate of drug-likeness (QED) is 0.909. The highest BCUT2D eigenvalue weighted by atomic mass is 32.1. The van der Waals surface area contributed by atoms with E-state index in [2.05, 4.69) is 4.98 Å². The van der Waals surface area contributed by atoms with Crippen molar-refractivity contribution < 1.29 is 18.7 Å². The fourth-order valence-corrected chi connectivity index (χ4v) is 3.02. The first-order valence-electron chi connectivity index (χ1n) is 5.50. The molecule has 0 saturated heterocycles. The smallest absolute Gasteiger partial charge is 0.309 e. The molecule has 0 amide bonds. The first kappa shape index (κ1) is 12.4. The maximum Gasteiger partial charge on any atom is 0.309 e. The lowest BCUT2D eigenvalue weighted by molar-refractivity contribution is -0.136. The number of halogens is 2. The molecule has 0 aromatic carbocycles. The number of hydrogen-bond acceptors (Lipinski definition) is 3. The van der Waals surface area contributed by atoms with Crippen LogP contribution in [-0.2, 0) is 11.2 Å². The summed E-state index contributed by atoms with van der Waals surface area (Å²) in [6.45, 7) is 0. The molecule has 1 aliphatic rings. The van der Waals surface area contributed by atoms with Gasteiger partial charge >= 0.3 is 5.97 Å². The summed E-state index contributed by atoms with van der Waals surface area (Å²) in [6.07, 6.45) is 0.594. The average Bonchev–Trinajstić information content (AvgIpc) is 2.65.